The third-order valence-electron chi connectivity index (χ3n) is 3.78. The van der Waals surface area contributed by atoms with Crippen molar-refractivity contribution in [2.24, 2.45) is 0 Å². The molecule has 1 aliphatic rings. The Hall–Kier alpha value is -1.03. The van der Waals surface area contributed by atoms with Crippen molar-refractivity contribution in [3.63, 3.8) is 0 Å². The van der Waals surface area contributed by atoms with Crippen molar-refractivity contribution < 1.29 is 9.53 Å². The van der Waals surface area contributed by atoms with E-state index in [1.165, 1.54) is 0 Å². The van der Waals surface area contributed by atoms with Crippen molar-refractivity contribution in [2.75, 3.05) is 26.8 Å². The highest BCUT2D eigenvalue weighted by molar-refractivity contribution is 5.83. The lowest BCUT2D eigenvalue weighted by atomic mass is 9.91. The largest absolute Gasteiger partial charge is 0.382 e. The minimum Gasteiger partial charge on any atom is -0.382 e. The fraction of sp³-hybridized carbons (Fsp3) is 0.769. The van der Waals surface area contributed by atoms with Crippen LogP contribution in [0.4, 0.5) is 0 Å². The number of methoxy groups -OCH3 is 1. The Labute approximate surface area is 104 Å². The monoisotopic (exact) mass is 240 g/mol. The van der Waals surface area contributed by atoms with Crippen LogP contribution in [0.2, 0.25) is 0 Å². The van der Waals surface area contributed by atoms with E-state index in [9.17, 15) is 4.79 Å². The number of carbonyl (C=O) groups is 1. The third-order valence-corrected chi connectivity index (χ3v) is 3.78. The van der Waals surface area contributed by atoms with Crippen LogP contribution < -0.4 is 0 Å². The van der Waals surface area contributed by atoms with Crippen molar-refractivity contribution >= 4 is 5.91 Å². The van der Waals surface area contributed by atoms with Crippen LogP contribution in [-0.2, 0) is 9.53 Å². The van der Waals surface area contributed by atoms with Crippen LogP contribution in [-0.4, -0.2) is 48.1 Å². The Morgan fingerprint density at radius 1 is 1.35 bits per heavy atom. The number of likely N-dealkylation sites (N-methyl/N-ethyl adjacent to an activating group) is 1. The number of hydrogen-bond acceptors (Lipinski definition) is 3. The Morgan fingerprint density at radius 3 is 2.29 bits per heavy atom. The van der Waals surface area contributed by atoms with Gasteiger partial charge in [-0.3, -0.25) is 9.69 Å². The second-order valence-corrected chi connectivity index (χ2v) is 4.52. The second-order valence-electron chi connectivity index (χ2n) is 4.52. The van der Waals surface area contributed by atoms with Crippen molar-refractivity contribution in [3.8, 4) is 0 Å². The number of carbonyl (C=O) groups excluding carboxylic acids is 1. The van der Waals surface area contributed by atoms with Gasteiger partial charge in [-0.05, 0) is 19.8 Å². The summed E-state index contributed by atoms with van der Waals surface area (Å²) in [6, 6.07) is 0. The normalized spacial score (nSPS) is 17.2. The Morgan fingerprint density at radius 2 is 1.94 bits per heavy atom. The van der Waals surface area contributed by atoms with Crippen molar-refractivity contribution in [1.29, 1.82) is 0 Å². The van der Waals surface area contributed by atoms with E-state index in [1.54, 1.807) is 7.11 Å². The van der Waals surface area contributed by atoms with Crippen LogP contribution >= 0.6 is 0 Å². The number of amides is 1. The van der Waals surface area contributed by atoms with Gasteiger partial charge in [0, 0.05) is 13.7 Å². The summed E-state index contributed by atoms with van der Waals surface area (Å²) < 4.78 is 5.31. The molecule has 0 atom stereocenters. The summed E-state index contributed by atoms with van der Waals surface area (Å²) in [5.74, 6) is 0.954. The maximum atomic E-state index is 12.2. The third kappa shape index (κ3) is 2.32. The Balaban J connectivity index is 3.02. The molecule has 0 saturated carbocycles. The molecular formula is C13H24N2O2. The van der Waals surface area contributed by atoms with Crippen LogP contribution in [0.5, 0.6) is 0 Å². The van der Waals surface area contributed by atoms with E-state index in [4.69, 9.17) is 4.74 Å². The molecule has 1 aliphatic heterocycles. The predicted octanol–water partition coefficient (Wildman–Crippen LogP) is 1.83. The summed E-state index contributed by atoms with van der Waals surface area (Å²) >= 11 is 0. The lowest BCUT2D eigenvalue weighted by molar-refractivity contribution is -0.132. The highest BCUT2D eigenvalue weighted by Crippen LogP contribution is 2.32. The van der Waals surface area contributed by atoms with Gasteiger partial charge in [0.1, 0.15) is 5.82 Å². The zero-order valence-corrected chi connectivity index (χ0v) is 11.5. The summed E-state index contributed by atoms with van der Waals surface area (Å²) in [6.07, 6.45) is 1.75. The van der Waals surface area contributed by atoms with Crippen molar-refractivity contribution in [3.05, 3.63) is 12.4 Å². The van der Waals surface area contributed by atoms with E-state index in [1.807, 2.05) is 16.7 Å². The molecule has 1 fully saturated rings. The molecule has 0 N–H and O–H groups in total. The average molecular weight is 240 g/mol. The zero-order valence-electron chi connectivity index (χ0n) is 11.5. The first kappa shape index (κ1) is 14.0. The van der Waals surface area contributed by atoms with Gasteiger partial charge in [-0.2, -0.15) is 0 Å². The van der Waals surface area contributed by atoms with E-state index < -0.39 is 0 Å². The first-order valence-electron chi connectivity index (χ1n) is 6.32. The van der Waals surface area contributed by atoms with Crippen LogP contribution in [0.3, 0.4) is 0 Å². The zero-order chi connectivity index (χ0) is 13.1. The second kappa shape index (κ2) is 5.54. The molecule has 17 heavy (non-hydrogen) atoms. The molecule has 1 saturated heterocycles. The quantitative estimate of drug-likeness (QED) is 0.710. The molecule has 4 nitrogen and oxygen atoms in total. The van der Waals surface area contributed by atoms with E-state index >= 15 is 0 Å². The van der Waals surface area contributed by atoms with Gasteiger partial charge in [-0.15, -0.1) is 0 Å². The molecule has 0 aromatic carbocycles. The van der Waals surface area contributed by atoms with Gasteiger partial charge < -0.3 is 9.64 Å². The average Bonchev–Trinajstić information content (AvgIpc) is 2.62. The molecular weight excluding hydrogens is 216 g/mol. The van der Waals surface area contributed by atoms with Gasteiger partial charge >= 0.3 is 0 Å². The molecule has 98 valence electrons. The maximum Gasteiger partial charge on any atom is 0.248 e. The highest BCUT2D eigenvalue weighted by atomic mass is 16.5. The molecule has 0 aromatic heterocycles. The van der Waals surface area contributed by atoms with E-state index in [0.717, 1.165) is 25.2 Å². The van der Waals surface area contributed by atoms with E-state index in [0.29, 0.717) is 13.2 Å². The molecule has 0 spiro atoms. The summed E-state index contributed by atoms with van der Waals surface area (Å²) in [5.41, 5.74) is -0.243. The molecule has 0 unspecified atom stereocenters. The van der Waals surface area contributed by atoms with Crippen LogP contribution in [0, 0.1) is 0 Å². The smallest absolute Gasteiger partial charge is 0.248 e. The summed E-state index contributed by atoms with van der Waals surface area (Å²) in [7, 11) is 1.68. The first-order valence-corrected chi connectivity index (χ1v) is 6.32. The summed E-state index contributed by atoms with van der Waals surface area (Å²) in [4.78, 5) is 16.0. The van der Waals surface area contributed by atoms with Gasteiger partial charge in [0.15, 0.2) is 0 Å². The molecule has 1 heterocycles. The maximum absolute atomic E-state index is 12.2. The molecule has 4 heteroatoms. The minimum absolute atomic E-state index is 0.137. The summed E-state index contributed by atoms with van der Waals surface area (Å²) in [6.45, 7) is 12.1. The number of ether oxygens (including phenoxy) is 1. The van der Waals surface area contributed by atoms with Gasteiger partial charge in [0.2, 0.25) is 5.91 Å². The van der Waals surface area contributed by atoms with Gasteiger partial charge in [-0.25, -0.2) is 0 Å². The summed E-state index contributed by atoms with van der Waals surface area (Å²) in [5, 5.41) is 0. The molecule has 1 rings (SSSR count). The van der Waals surface area contributed by atoms with Crippen LogP contribution in [0.25, 0.3) is 0 Å². The van der Waals surface area contributed by atoms with Crippen molar-refractivity contribution in [1.82, 2.24) is 9.80 Å². The molecule has 0 aliphatic carbocycles. The SMILES string of the molecule is C=C1N(CC)CC(=O)N1C(CC)(CC)COC. The fourth-order valence-electron chi connectivity index (χ4n) is 2.55. The lowest BCUT2D eigenvalue weighted by Gasteiger charge is -2.40. The van der Waals surface area contributed by atoms with Crippen molar-refractivity contribution in [2.45, 2.75) is 39.2 Å². The Bertz CT molecular complexity index is 298. The molecule has 1 amide bonds. The Kier molecular flexibility index (Phi) is 4.57. The number of hydrogen-bond donors (Lipinski definition) is 0. The fourth-order valence-corrected chi connectivity index (χ4v) is 2.55. The van der Waals surface area contributed by atoms with E-state index in [-0.39, 0.29) is 11.4 Å². The minimum atomic E-state index is -0.243. The molecule has 0 radical (unpaired) electrons. The van der Waals surface area contributed by atoms with Gasteiger partial charge in [-0.1, -0.05) is 20.4 Å². The molecule has 0 aromatic rings. The number of nitrogens with zero attached hydrogens (tertiary/aromatic N) is 2. The topological polar surface area (TPSA) is 32.8 Å². The highest BCUT2D eigenvalue weighted by Gasteiger charge is 2.43. The first-order chi connectivity index (χ1) is 8.06. The lowest BCUT2D eigenvalue weighted by Crippen LogP contribution is -2.51. The van der Waals surface area contributed by atoms with Crippen LogP contribution in [0.1, 0.15) is 33.6 Å². The predicted molar refractivity (Wildman–Crippen MR) is 68.4 cm³/mol. The van der Waals surface area contributed by atoms with Crippen LogP contribution in [0.15, 0.2) is 12.4 Å². The molecule has 0 bridgehead atoms. The van der Waals surface area contributed by atoms with E-state index in [2.05, 4.69) is 20.4 Å². The van der Waals surface area contributed by atoms with Gasteiger partial charge in [0.25, 0.3) is 0 Å². The van der Waals surface area contributed by atoms with Gasteiger partial charge in [0.05, 0.1) is 18.7 Å². The standard InChI is InChI=1S/C13H24N2O2/c1-6-13(7-2,10-17-5)15-11(4)14(8-3)9-12(15)16/h4,6-10H2,1-3,5H3. The number of rotatable bonds is 6.